The molecule has 0 radical (unpaired) electrons. The van der Waals surface area contributed by atoms with Crippen LogP contribution in [0.3, 0.4) is 0 Å². The Labute approximate surface area is 125 Å². The summed E-state index contributed by atoms with van der Waals surface area (Å²) in [5, 5.41) is 30.0. The monoisotopic (exact) mass is 305 g/mol. The number of carbonyl (C=O) groups is 3. The van der Waals surface area contributed by atoms with Gasteiger partial charge in [0.25, 0.3) is 0 Å². The van der Waals surface area contributed by atoms with Gasteiger partial charge in [-0.1, -0.05) is 12.2 Å². The van der Waals surface area contributed by atoms with Gasteiger partial charge in [0.15, 0.2) is 0 Å². The molecule has 1 aliphatic rings. The fourth-order valence-electron chi connectivity index (χ4n) is 2.40. The number of hydrogen-bond donors (Lipinski definition) is 4. The predicted molar refractivity (Wildman–Crippen MR) is 76.7 cm³/mol. The number of aliphatic carboxylic acids is 1. The first-order valence-corrected chi connectivity index (χ1v) is 6.65. The molecule has 0 aromatic heterocycles. The van der Waals surface area contributed by atoms with Crippen LogP contribution in [0.1, 0.15) is 23.2 Å². The van der Waals surface area contributed by atoms with E-state index in [1.807, 2.05) is 0 Å². The smallest absolute Gasteiger partial charge is 0.339 e. The molecule has 1 aromatic carbocycles. The van der Waals surface area contributed by atoms with Crippen LogP contribution >= 0.6 is 0 Å². The first-order chi connectivity index (χ1) is 10.4. The van der Waals surface area contributed by atoms with Crippen molar-refractivity contribution in [2.45, 2.75) is 12.8 Å². The normalized spacial score (nSPS) is 20.4. The van der Waals surface area contributed by atoms with E-state index >= 15 is 0 Å². The first-order valence-electron chi connectivity index (χ1n) is 6.65. The number of phenols is 1. The summed E-state index contributed by atoms with van der Waals surface area (Å²) in [5.74, 6) is -4.78. The lowest BCUT2D eigenvalue weighted by Crippen LogP contribution is -2.34. The maximum absolute atomic E-state index is 12.2. The molecule has 7 nitrogen and oxygen atoms in total. The van der Waals surface area contributed by atoms with Gasteiger partial charge in [0.2, 0.25) is 5.91 Å². The highest BCUT2D eigenvalue weighted by atomic mass is 16.4. The molecule has 0 heterocycles. The third kappa shape index (κ3) is 3.25. The minimum atomic E-state index is -1.32. The summed E-state index contributed by atoms with van der Waals surface area (Å²) in [6.45, 7) is 0. The molecule has 1 aliphatic carbocycles. The van der Waals surface area contributed by atoms with Crippen molar-refractivity contribution in [3.63, 3.8) is 0 Å². The predicted octanol–water partition coefficient (Wildman–Crippen LogP) is 1.70. The zero-order valence-electron chi connectivity index (χ0n) is 11.5. The van der Waals surface area contributed by atoms with Gasteiger partial charge in [-0.15, -0.1) is 0 Å². The number of benzene rings is 1. The van der Waals surface area contributed by atoms with Crippen LogP contribution < -0.4 is 5.32 Å². The number of rotatable bonds is 4. The topological polar surface area (TPSA) is 124 Å². The maximum Gasteiger partial charge on any atom is 0.339 e. The Hall–Kier alpha value is -2.83. The fraction of sp³-hybridized carbons (Fsp3) is 0.267. The number of nitrogens with one attached hydrogen (secondary N) is 1. The molecular formula is C15H15NO6. The molecule has 0 spiro atoms. The van der Waals surface area contributed by atoms with E-state index in [0.717, 1.165) is 12.1 Å². The lowest BCUT2D eigenvalue weighted by atomic mass is 9.82. The van der Waals surface area contributed by atoms with Gasteiger partial charge in [0, 0.05) is 5.69 Å². The van der Waals surface area contributed by atoms with Crippen LogP contribution in [0.15, 0.2) is 30.4 Å². The van der Waals surface area contributed by atoms with E-state index in [-0.39, 0.29) is 17.7 Å². The van der Waals surface area contributed by atoms with Crippen molar-refractivity contribution in [2.75, 3.05) is 5.32 Å². The minimum absolute atomic E-state index is 0.193. The second-order valence-corrected chi connectivity index (χ2v) is 5.02. The van der Waals surface area contributed by atoms with E-state index in [4.69, 9.17) is 10.2 Å². The molecule has 1 aromatic rings. The average molecular weight is 305 g/mol. The van der Waals surface area contributed by atoms with Crippen molar-refractivity contribution in [3.8, 4) is 5.75 Å². The van der Waals surface area contributed by atoms with Crippen molar-refractivity contribution in [3.05, 3.63) is 35.9 Å². The summed E-state index contributed by atoms with van der Waals surface area (Å²) in [7, 11) is 0. The Morgan fingerprint density at radius 3 is 2.27 bits per heavy atom. The van der Waals surface area contributed by atoms with E-state index < -0.39 is 35.4 Å². The summed E-state index contributed by atoms with van der Waals surface area (Å²) in [4.78, 5) is 34.4. The summed E-state index contributed by atoms with van der Waals surface area (Å²) >= 11 is 0. The van der Waals surface area contributed by atoms with Gasteiger partial charge in [-0.05, 0) is 31.0 Å². The van der Waals surface area contributed by atoms with Crippen LogP contribution in [0.25, 0.3) is 0 Å². The van der Waals surface area contributed by atoms with Crippen molar-refractivity contribution in [2.24, 2.45) is 11.8 Å². The first kappa shape index (κ1) is 15.6. The standard InChI is InChI=1S/C15H15NO6/c17-12-6-5-8(7-11(12)15(21)22)16-13(18)9-3-1-2-4-10(9)14(19)20/h1-2,5-7,9-10,17H,3-4H2,(H,16,18)(H,19,20)(H,21,22)/t9-,10-/m1/s1. The molecule has 22 heavy (non-hydrogen) atoms. The van der Waals surface area contributed by atoms with Crippen molar-refractivity contribution in [1.29, 1.82) is 0 Å². The molecule has 0 saturated heterocycles. The lowest BCUT2D eigenvalue weighted by molar-refractivity contribution is -0.146. The second kappa shape index (κ2) is 6.30. The number of carboxylic acids is 2. The minimum Gasteiger partial charge on any atom is -0.507 e. The second-order valence-electron chi connectivity index (χ2n) is 5.02. The fourth-order valence-corrected chi connectivity index (χ4v) is 2.40. The number of aromatic hydroxyl groups is 1. The van der Waals surface area contributed by atoms with Gasteiger partial charge in [-0.3, -0.25) is 9.59 Å². The van der Waals surface area contributed by atoms with E-state index in [1.165, 1.54) is 6.07 Å². The SMILES string of the molecule is O=C(O)c1cc(NC(=O)[C@@H]2CC=CC[C@H]2C(=O)O)ccc1O. The Morgan fingerprint density at radius 2 is 1.68 bits per heavy atom. The lowest BCUT2D eigenvalue weighted by Gasteiger charge is -2.24. The van der Waals surface area contributed by atoms with Gasteiger partial charge in [0.05, 0.1) is 11.8 Å². The van der Waals surface area contributed by atoms with Crippen LogP contribution in [0.5, 0.6) is 5.75 Å². The summed E-state index contributed by atoms with van der Waals surface area (Å²) in [6.07, 6.45) is 4.07. The number of allylic oxidation sites excluding steroid dienone is 2. The molecule has 1 amide bonds. The number of hydrogen-bond acceptors (Lipinski definition) is 4. The Balaban J connectivity index is 2.18. The molecule has 2 rings (SSSR count). The molecule has 0 saturated carbocycles. The zero-order valence-corrected chi connectivity index (χ0v) is 11.5. The average Bonchev–Trinajstić information content (AvgIpc) is 2.48. The number of carbonyl (C=O) groups excluding carboxylic acids is 1. The molecule has 0 fully saturated rings. The summed E-state index contributed by atoms with van der Waals surface area (Å²) < 4.78 is 0. The maximum atomic E-state index is 12.2. The third-order valence-electron chi connectivity index (χ3n) is 3.58. The number of amides is 1. The highest BCUT2D eigenvalue weighted by Crippen LogP contribution is 2.28. The van der Waals surface area contributed by atoms with Gasteiger partial charge in [-0.2, -0.15) is 0 Å². The third-order valence-corrected chi connectivity index (χ3v) is 3.58. The highest BCUT2D eigenvalue weighted by Gasteiger charge is 2.34. The van der Waals surface area contributed by atoms with E-state index in [2.05, 4.69) is 5.32 Å². The van der Waals surface area contributed by atoms with Crippen LogP contribution in [-0.4, -0.2) is 33.2 Å². The van der Waals surface area contributed by atoms with Crippen LogP contribution in [0.4, 0.5) is 5.69 Å². The summed E-state index contributed by atoms with van der Waals surface area (Å²) in [6, 6.07) is 3.65. The van der Waals surface area contributed by atoms with Gasteiger partial charge < -0.3 is 20.6 Å². The Kier molecular flexibility index (Phi) is 4.45. The summed E-state index contributed by atoms with van der Waals surface area (Å²) in [5.41, 5.74) is -0.144. The van der Waals surface area contributed by atoms with Crippen molar-refractivity contribution >= 4 is 23.5 Å². The Bertz CT molecular complexity index is 651. The number of carboxylic acid groups (broad SMARTS) is 2. The Morgan fingerprint density at radius 1 is 1.05 bits per heavy atom. The highest BCUT2D eigenvalue weighted by molar-refractivity contribution is 5.97. The van der Waals surface area contributed by atoms with E-state index in [0.29, 0.717) is 6.42 Å². The molecule has 4 N–H and O–H groups in total. The van der Waals surface area contributed by atoms with Gasteiger partial charge in [-0.25, -0.2) is 4.79 Å². The van der Waals surface area contributed by atoms with Crippen LogP contribution in [0, 0.1) is 11.8 Å². The molecule has 116 valence electrons. The molecular weight excluding hydrogens is 290 g/mol. The number of aromatic carboxylic acids is 1. The van der Waals surface area contributed by atoms with Crippen molar-refractivity contribution < 1.29 is 29.7 Å². The molecule has 7 heteroatoms. The molecule has 0 unspecified atom stereocenters. The van der Waals surface area contributed by atoms with Gasteiger partial charge in [0.1, 0.15) is 11.3 Å². The zero-order chi connectivity index (χ0) is 16.3. The quantitative estimate of drug-likeness (QED) is 0.496. The molecule has 0 aliphatic heterocycles. The number of anilines is 1. The van der Waals surface area contributed by atoms with Crippen LogP contribution in [-0.2, 0) is 9.59 Å². The van der Waals surface area contributed by atoms with Crippen LogP contribution in [0.2, 0.25) is 0 Å². The molecule has 2 atom stereocenters. The van der Waals surface area contributed by atoms with Gasteiger partial charge >= 0.3 is 11.9 Å². The van der Waals surface area contributed by atoms with E-state index in [9.17, 15) is 19.5 Å². The molecule has 0 bridgehead atoms. The van der Waals surface area contributed by atoms with E-state index in [1.54, 1.807) is 12.2 Å². The largest absolute Gasteiger partial charge is 0.507 e. The van der Waals surface area contributed by atoms with Crippen molar-refractivity contribution in [1.82, 2.24) is 0 Å².